The van der Waals surface area contributed by atoms with Crippen molar-refractivity contribution in [3.05, 3.63) is 41.9 Å². The van der Waals surface area contributed by atoms with Crippen molar-refractivity contribution in [2.45, 2.75) is 18.2 Å². The highest BCUT2D eigenvalue weighted by atomic mass is 32.2. The molecule has 1 saturated heterocycles. The predicted octanol–water partition coefficient (Wildman–Crippen LogP) is 0.998. The SMILES string of the molecule is Nc1nc2ncnc(CNCCOc3ccc(CC4SC(=O)NC4=O)cc3)c2[nH]1. The van der Waals surface area contributed by atoms with Crippen molar-refractivity contribution in [2.24, 2.45) is 0 Å². The lowest BCUT2D eigenvalue weighted by Crippen LogP contribution is -2.25. The van der Waals surface area contributed by atoms with Crippen molar-refractivity contribution < 1.29 is 14.3 Å². The van der Waals surface area contributed by atoms with E-state index in [0.717, 1.165) is 34.3 Å². The van der Waals surface area contributed by atoms with Gasteiger partial charge in [-0.15, -0.1) is 0 Å². The number of aromatic nitrogens is 4. The quantitative estimate of drug-likeness (QED) is 0.397. The molecule has 29 heavy (non-hydrogen) atoms. The second kappa shape index (κ2) is 8.45. The van der Waals surface area contributed by atoms with E-state index in [1.54, 1.807) is 0 Å². The molecule has 1 fully saturated rings. The summed E-state index contributed by atoms with van der Waals surface area (Å²) >= 11 is 1.03. The number of nitrogens with two attached hydrogens (primary N) is 1. The molecule has 1 aromatic carbocycles. The molecule has 1 atom stereocenters. The Morgan fingerprint density at radius 2 is 2.03 bits per heavy atom. The van der Waals surface area contributed by atoms with Crippen LogP contribution in [0.1, 0.15) is 11.3 Å². The summed E-state index contributed by atoms with van der Waals surface area (Å²) in [6.07, 6.45) is 1.97. The van der Waals surface area contributed by atoms with Gasteiger partial charge in [0.05, 0.1) is 10.9 Å². The van der Waals surface area contributed by atoms with Gasteiger partial charge in [-0.05, 0) is 24.1 Å². The summed E-state index contributed by atoms with van der Waals surface area (Å²) in [6.45, 7) is 1.63. The van der Waals surface area contributed by atoms with Gasteiger partial charge in [0.25, 0.3) is 5.24 Å². The first-order chi connectivity index (χ1) is 14.1. The molecule has 0 radical (unpaired) electrons. The number of carbonyl (C=O) groups excluding carboxylic acids is 2. The molecule has 0 aliphatic carbocycles. The second-order valence-electron chi connectivity index (χ2n) is 6.40. The van der Waals surface area contributed by atoms with E-state index in [1.165, 1.54) is 6.33 Å². The molecule has 0 saturated carbocycles. The van der Waals surface area contributed by atoms with Crippen LogP contribution >= 0.6 is 11.8 Å². The number of amides is 2. The van der Waals surface area contributed by atoms with E-state index in [1.807, 2.05) is 24.3 Å². The second-order valence-corrected chi connectivity index (χ2v) is 7.57. The summed E-state index contributed by atoms with van der Waals surface area (Å²) < 4.78 is 5.72. The summed E-state index contributed by atoms with van der Waals surface area (Å²) in [4.78, 5) is 38.2. The molecule has 1 aliphatic rings. The first-order valence-electron chi connectivity index (χ1n) is 8.97. The fourth-order valence-corrected chi connectivity index (χ4v) is 3.80. The van der Waals surface area contributed by atoms with E-state index in [4.69, 9.17) is 10.5 Å². The number of imidazole rings is 1. The van der Waals surface area contributed by atoms with Gasteiger partial charge >= 0.3 is 0 Å². The number of thioether (sulfide) groups is 1. The Kier molecular flexibility index (Phi) is 5.58. The molecule has 1 unspecified atom stereocenters. The molecule has 3 heterocycles. The zero-order valence-electron chi connectivity index (χ0n) is 15.3. The summed E-state index contributed by atoms with van der Waals surface area (Å²) in [7, 11) is 0. The monoisotopic (exact) mass is 413 g/mol. The molecule has 150 valence electrons. The van der Waals surface area contributed by atoms with Gasteiger partial charge in [-0.25, -0.2) is 9.97 Å². The van der Waals surface area contributed by atoms with Gasteiger partial charge in [-0.1, -0.05) is 23.9 Å². The van der Waals surface area contributed by atoms with Gasteiger partial charge < -0.3 is 20.8 Å². The van der Waals surface area contributed by atoms with Crippen molar-refractivity contribution in [2.75, 3.05) is 18.9 Å². The molecule has 0 bridgehead atoms. The van der Waals surface area contributed by atoms with Crippen LogP contribution in [0, 0.1) is 0 Å². The van der Waals surface area contributed by atoms with Crippen LogP contribution in [0.15, 0.2) is 30.6 Å². The van der Waals surface area contributed by atoms with Gasteiger partial charge in [-0.2, -0.15) is 4.98 Å². The van der Waals surface area contributed by atoms with Crippen LogP contribution in [-0.2, 0) is 17.8 Å². The summed E-state index contributed by atoms with van der Waals surface area (Å²) in [5.41, 5.74) is 8.69. The Balaban J connectivity index is 1.21. The maximum Gasteiger partial charge on any atom is 0.286 e. The van der Waals surface area contributed by atoms with E-state index < -0.39 is 0 Å². The summed E-state index contributed by atoms with van der Waals surface area (Å²) in [5.74, 6) is 0.818. The minimum absolute atomic E-state index is 0.231. The number of imide groups is 1. The highest BCUT2D eigenvalue weighted by Crippen LogP contribution is 2.23. The first kappa shape index (κ1) is 19.2. The average Bonchev–Trinajstić information content (AvgIpc) is 3.23. The lowest BCUT2D eigenvalue weighted by molar-refractivity contribution is -0.118. The van der Waals surface area contributed by atoms with E-state index in [-0.39, 0.29) is 16.4 Å². The number of benzene rings is 1. The lowest BCUT2D eigenvalue weighted by atomic mass is 10.1. The number of hydrogen-bond donors (Lipinski definition) is 4. The molecule has 11 heteroatoms. The zero-order valence-corrected chi connectivity index (χ0v) is 16.2. The molecular formula is C18H19N7O3S. The number of aromatic amines is 1. The normalized spacial score (nSPS) is 16.3. The van der Waals surface area contributed by atoms with Crippen LogP contribution in [0.5, 0.6) is 5.75 Å². The van der Waals surface area contributed by atoms with Gasteiger partial charge in [0.2, 0.25) is 5.91 Å². The number of ether oxygens (including phenoxy) is 1. The number of nitrogens with one attached hydrogen (secondary N) is 3. The highest BCUT2D eigenvalue weighted by molar-refractivity contribution is 8.15. The maximum absolute atomic E-state index is 11.6. The number of anilines is 1. The smallest absolute Gasteiger partial charge is 0.286 e. The van der Waals surface area contributed by atoms with Gasteiger partial charge in [0.15, 0.2) is 11.6 Å². The lowest BCUT2D eigenvalue weighted by Gasteiger charge is -2.09. The van der Waals surface area contributed by atoms with E-state index in [9.17, 15) is 9.59 Å². The molecule has 1 aliphatic heterocycles. The average molecular weight is 413 g/mol. The maximum atomic E-state index is 11.6. The molecule has 2 aromatic heterocycles. The van der Waals surface area contributed by atoms with Crippen LogP contribution in [0.3, 0.4) is 0 Å². The zero-order chi connectivity index (χ0) is 20.2. The number of H-pyrrole nitrogens is 1. The van der Waals surface area contributed by atoms with Crippen molar-refractivity contribution in [3.63, 3.8) is 0 Å². The van der Waals surface area contributed by atoms with Crippen LogP contribution in [0.25, 0.3) is 11.2 Å². The third-order valence-electron chi connectivity index (χ3n) is 4.34. The number of carbonyl (C=O) groups is 2. The van der Waals surface area contributed by atoms with Crippen LogP contribution in [0.2, 0.25) is 0 Å². The van der Waals surface area contributed by atoms with Crippen LogP contribution in [0.4, 0.5) is 10.7 Å². The molecule has 4 rings (SSSR count). The molecule has 10 nitrogen and oxygen atoms in total. The number of rotatable bonds is 8. The van der Waals surface area contributed by atoms with Gasteiger partial charge in [0.1, 0.15) is 24.2 Å². The predicted molar refractivity (Wildman–Crippen MR) is 108 cm³/mol. The highest BCUT2D eigenvalue weighted by Gasteiger charge is 2.31. The number of nitrogens with zero attached hydrogens (tertiary/aromatic N) is 3. The van der Waals surface area contributed by atoms with Crippen LogP contribution < -0.4 is 21.1 Å². The van der Waals surface area contributed by atoms with E-state index in [2.05, 4.69) is 30.6 Å². The minimum Gasteiger partial charge on any atom is -0.492 e. The van der Waals surface area contributed by atoms with Gasteiger partial charge in [-0.3, -0.25) is 14.9 Å². The Labute approximate surface area is 170 Å². The summed E-state index contributed by atoms with van der Waals surface area (Å²) in [5, 5.41) is 4.90. The fraction of sp³-hybridized carbons (Fsp3) is 0.278. The number of hydrogen-bond acceptors (Lipinski definition) is 9. The van der Waals surface area contributed by atoms with Crippen molar-refractivity contribution in [1.29, 1.82) is 0 Å². The molecular weight excluding hydrogens is 394 g/mol. The Bertz CT molecular complexity index is 1040. The molecule has 0 spiro atoms. The van der Waals surface area contributed by atoms with Gasteiger partial charge in [0, 0.05) is 13.1 Å². The number of fused-ring (bicyclic) bond motifs is 1. The van der Waals surface area contributed by atoms with Crippen LogP contribution in [-0.4, -0.2) is 49.5 Å². The third kappa shape index (κ3) is 4.63. The molecule has 2 amide bonds. The Morgan fingerprint density at radius 3 is 2.79 bits per heavy atom. The van der Waals surface area contributed by atoms with Crippen molar-refractivity contribution in [3.8, 4) is 5.75 Å². The van der Waals surface area contributed by atoms with E-state index >= 15 is 0 Å². The first-order valence-corrected chi connectivity index (χ1v) is 9.85. The van der Waals surface area contributed by atoms with Crippen molar-refractivity contribution in [1.82, 2.24) is 30.6 Å². The number of nitrogen functional groups attached to an aromatic ring is 1. The standard InChI is InChI=1S/C18H19N7O3S/c19-17-23-14-12(21-9-22-15(14)24-17)8-20-5-6-28-11-3-1-10(2-4-11)7-13-16(26)25-18(27)29-13/h1-4,9,13,20H,5-8H2,(H,25,26,27)(H3,19,21,22,23,24). The summed E-state index contributed by atoms with van der Waals surface area (Å²) in [6, 6.07) is 7.52. The minimum atomic E-state index is -0.364. The van der Waals surface area contributed by atoms with Crippen molar-refractivity contribution >= 4 is 40.0 Å². The van der Waals surface area contributed by atoms with E-state index in [0.29, 0.717) is 37.7 Å². The Morgan fingerprint density at radius 1 is 1.21 bits per heavy atom. The Hall–Kier alpha value is -3.18. The largest absolute Gasteiger partial charge is 0.492 e. The topological polar surface area (TPSA) is 148 Å². The third-order valence-corrected chi connectivity index (χ3v) is 5.32. The molecule has 5 N–H and O–H groups in total. The fourth-order valence-electron chi connectivity index (χ4n) is 2.94. The molecule has 3 aromatic rings.